The molecular weight excluding hydrogens is 320 g/mol. The van der Waals surface area contributed by atoms with Crippen LogP contribution in [0.3, 0.4) is 0 Å². The van der Waals surface area contributed by atoms with Crippen molar-refractivity contribution >= 4 is 35.1 Å². The molecule has 0 spiro atoms. The minimum Gasteiger partial charge on any atom is -0.466 e. The molecule has 122 valence electrons. The fraction of sp³-hybridized carbons (Fsp3) is 0.312. The van der Waals surface area contributed by atoms with Crippen LogP contribution in [-0.4, -0.2) is 31.4 Å². The predicted molar refractivity (Wildman–Crippen MR) is 86.3 cm³/mol. The van der Waals surface area contributed by atoms with Gasteiger partial charge in [0.15, 0.2) is 0 Å². The number of rotatable bonds is 6. The molecule has 1 fully saturated rings. The van der Waals surface area contributed by atoms with Gasteiger partial charge in [-0.2, -0.15) is 0 Å². The van der Waals surface area contributed by atoms with Crippen LogP contribution in [-0.2, 0) is 14.3 Å². The molecule has 0 radical (unpaired) electrons. The Morgan fingerprint density at radius 1 is 1.35 bits per heavy atom. The average molecular weight is 337 g/mol. The molecule has 6 nitrogen and oxygen atoms in total. The summed E-state index contributed by atoms with van der Waals surface area (Å²) in [5.74, 6) is -0.790. The van der Waals surface area contributed by atoms with E-state index in [0.717, 1.165) is 12.8 Å². The van der Waals surface area contributed by atoms with Crippen LogP contribution in [0.4, 0.5) is 5.69 Å². The second-order valence-electron chi connectivity index (χ2n) is 5.09. The number of anilines is 1. The highest BCUT2D eigenvalue weighted by molar-refractivity contribution is 6.34. The molecule has 0 atom stereocenters. The topological polar surface area (TPSA) is 84.5 Å². The number of nitrogens with one attached hydrogen (secondary N) is 2. The van der Waals surface area contributed by atoms with E-state index in [-0.39, 0.29) is 29.3 Å². The van der Waals surface area contributed by atoms with Gasteiger partial charge in [-0.05, 0) is 31.0 Å². The van der Waals surface area contributed by atoms with Crippen molar-refractivity contribution in [1.82, 2.24) is 5.32 Å². The van der Waals surface area contributed by atoms with Crippen molar-refractivity contribution in [3.8, 4) is 0 Å². The highest BCUT2D eigenvalue weighted by Gasteiger charge is 2.29. The molecule has 0 aromatic heterocycles. The van der Waals surface area contributed by atoms with E-state index in [4.69, 9.17) is 11.6 Å². The third kappa shape index (κ3) is 5.10. The molecule has 2 amide bonds. The highest BCUT2D eigenvalue weighted by atomic mass is 35.5. The van der Waals surface area contributed by atoms with E-state index in [9.17, 15) is 14.4 Å². The number of hydrogen-bond acceptors (Lipinski definition) is 4. The minimum atomic E-state index is -0.493. The zero-order valence-corrected chi connectivity index (χ0v) is 13.4. The Balaban J connectivity index is 1.91. The van der Waals surface area contributed by atoms with Crippen LogP contribution in [0.1, 0.15) is 23.2 Å². The van der Waals surface area contributed by atoms with Crippen LogP contribution in [0.15, 0.2) is 30.4 Å². The Bertz CT molecular complexity index is 653. The predicted octanol–water partition coefficient (Wildman–Crippen LogP) is 2.15. The summed E-state index contributed by atoms with van der Waals surface area (Å²) >= 11 is 6.08. The molecule has 1 aromatic rings. The first kappa shape index (κ1) is 17.0. The third-order valence-corrected chi connectivity index (χ3v) is 3.58. The van der Waals surface area contributed by atoms with Crippen molar-refractivity contribution in [2.24, 2.45) is 5.92 Å². The fourth-order valence-corrected chi connectivity index (χ4v) is 2.10. The van der Waals surface area contributed by atoms with Gasteiger partial charge in [0.05, 0.1) is 17.7 Å². The largest absolute Gasteiger partial charge is 0.466 e. The second kappa shape index (κ2) is 7.78. The van der Waals surface area contributed by atoms with Gasteiger partial charge in [-0.15, -0.1) is 0 Å². The smallest absolute Gasteiger partial charge is 0.330 e. The fourth-order valence-electron chi connectivity index (χ4n) is 1.84. The quantitative estimate of drug-likeness (QED) is 0.615. The Morgan fingerprint density at radius 3 is 2.70 bits per heavy atom. The van der Waals surface area contributed by atoms with E-state index in [1.165, 1.54) is 19.3 Å². The molecule has 0 bridgehead atoms. The summed E-state index contributed by atoms with van der Waals surface area (Å²) in [7, 11) is 1.27. The minimum absolute atomic E-state index is 0.0220. The second-order valence-corrected chi connectivity index (χ2v) is 5.50. The van der Waals surface area contributed by atoms with Crippen LogP contribution >= 0.6 is 11.6 Å². The number of carbonyl (C=O) groups excluding carboxylic acids is 3. The maximum absolute atomic E-state index is 12.0. The first-order valence-electron chi connectivity index (χ1n) is 7.14. The maximum Gasteiger partial charge on any atom is 0.330 e. The Morgan fingerprint density at radius 2 is 2.09 bits per heavy atom. The van der Waals surface area contributed by atoms with Crippen molar-refractivity contribution in [2.45, 2.75) is 12.8 Å². The van der Waals surface area contributed by atoms with E-state index in [0.29, 0.717) is 11.3 Å². The van der Waals surface area contributed by atoms with Gasteiger partial charge in [0.1, 0.15) is 0 Å². The van der Waals surface area contributed by atoms with Crippen molar-refractivity contribution in [2.75, 3.05) is 19.0 Å². The Hall–Kier alpha value is -2.34. The molecule has 2 N–H and O–H groups in total. The van der Waals surface area contributed by atoms with Gasteiger partial charge in [0.2, 0.25) is 5.91 Å². The summed E-state index contributed by atoms with van der Waals surface area (Å²) in [4.78, 5) is 34.6. The van der Waals surface area contributed by atoms with Crippen molar-refractivity contribution in [3.05, 3.63) is 40.9 Å². The maximum atomic E-state index is 12.0. The number of halogens is 1. The molecule has 0 heterocycles. The van der Waals surface area contributed by atoms with E-state index in [1.807, 2.05) is 0 Å². The van der Waals surface area contributed by atoms with Crippen LogP contribution in [0, 0.1) is 5.92 Å². The van der Waals surface area contributed by atoms with Crippen LogP contribution < -0.4 is 10.6 Å². The summed E-state index contributed by atoms with van der Waals surface area (Å²) < 4.78 is 4.43. The summed E-state index contributed by atoms with van der Waals surface area (Å²) in [6, 6.07) is 4.72. The lowest BCUT2D eigenvalue weighted by Crippen LogP contribution is -2.24. The van der Waals surface area contributed by atoms with Gasteiger partial charge in [0, 0.05) is 24.2 Å². The van der Waals surface area contributed by atoms with E-state index in [1.54, 1.807) is 18.2 Å². The van der Waals surface area contributed by atoms with Gasteiger partial charge in [0.25, 0.3) is 5.91 Å². The SMILES string of the molecule is COC(=O)/C=C/CNC(=O)c1ccc(NC(=O)C2CC2)cc1Cl. The number of hydrogen-bond donors (Lipinski definition) is 2. The summed E-state index contributed by atoms with van der Waals surface area (Å²) in [6.07, 6.45) is 4.53. The first-order valence-corrected chi connectivity index (χ1v) is 7.52. The lowest BCUT2D eigenvalue weighted by Gasteiger charge is -2.08. The van der Waals surface area contributed by atoms with Gasteiger partial charge in [-0.3, -0.25) is 9.59 Å². The average Bonchev–Trinajstić information content (AvgIpc) is 3.36. The standard InChI is InChI=1S/C16H17ClN2O4/c1-23-14(20)3-2-8-18-16(22)12-7-6-11(9-13(12)17)19-15(21)10-4-5-10/h2-3,6-7,9-10H,4-5,8H2,1H3,(H,18,22)(H,19,21)/b3-2+. The first-order chi connectivity index (χ1) is 11.0. The van der Waals surface area contributed by atoms with Gasteiger partial charge < -0.3 is 15.4 Å². The molecule has 0 unspecified atom stereocenters. The third-order valence-electron chi connectivity index (χ3n) is 3.26. The molecule has 7 heteroatoms. The van der Waals surface area contributed by atoms with Crippen LogP contribution in [0.5, 0.6) is 0 Å². The van der Waals surface area contributed by atoms with Crippen LogP contribution in [0.2, 0.25) is 5.02 Å². The van der Waals surface area contributed by atoms with E-state index < -0.39 is 5.97 Å². The lowest BCUT2D eigenvalue weighted by molar-refractivity contribution is -0.134. The van der Waals surface area contributed by atoms with E-state index >= 15 is 0 Å². The van der Waals surface area contributed by atoms with Crippen LogP contribution in [0.25, 0.3) is 0 Å². The van der Waals surface area contributed by atoms with Crippen molar-refractivity contribution in [3.63, 3.8) is 0 Å². The number of benzene rings is 1. The Kier molecular flexibility index (Phi) is 5.76. The Labute approximate surface area is 138 Å². The van der Waals surface area contributed by atoms with Crippen molar-refractivity contribution in [1.29, 1.82) is 0 Å². The number of methoxy groups -OCH3 is 1. The molecule has 0 saturated heterocycles. The van der Waals surface area contributed by atoms with Gasteiger partial charge in [-0.25, -0.2) is 4.79 Å². The molecule has 1 aliphatic carbocycles. The van der Waals surface area contributed by atoms with E-state index in [2.05, 4.69) is 15.4 Å². The molecule has 1 aromatic carbocycles. The lowest BCUT2D eigenvalue weighted by atomic mass is 10.2. The summed E-state index contributed by atoms with van der Waals surface area (Å²) in [6.45, 7) is 0.171. The monoisotopic (exact) mass is 336 g/mol. The number of carbonyl (C=O) groups is 3. The number of esters is 1. The molecular formula is C16H17ClN2O4. The molecule has 1 saturated carbocycles. The molecule has 1 aliphatic rings. The van der Waals surface area contributed by atoms with Crippen molar-refractivity contribution < 1.29 is 19.1 Å². The zero-order valence-electron chi connectivity index (χ0n) is 12.6. The van der Waals surface area contributed by atoms with Gasteiger partial charge in [-0.1, -0.05) is 17.7 Å². The zero-order chi connectivity index (χ0) is 16.8. The molecule has 2 rings (SSSR count). The number of amides is 2. The highest BCUT2D eigenvalue weighted by Crippen LogP contribution is 2.30. The molecule has 23 heavy (non-hydrogen) atoms. The van der Waals surface area contributed by atoms with Gasteiger partial charge >= 0.3 is 5.97 Å². The number of ether oxygens (including phenoxy) is 1. The normalized spacial score (nSPS) is 13.7. The molecule has 0 aliphatic heterocycles. The summed E-state index contributed by atoms with van der Waals surface area (Å²) in [5.41, 5.74) is 0.858. The summed E-state index contributed by atoms with van der Waals surface area (Å²) in [5, 5.41) is 5.61.